The molecule has 10 heteroatoms. The van der Waals surface area contributed by atoms with Gasteiger partial charge in [0.25, 0.3) is 11.6 Å². The van der Waals surface area contributed by atoms with Crippen molar-refractivity contribution in [1.29, 1.82) is 0 Å². The van der Waals surface area contributed by atoms with Crippen LogP contribution in [-0.4, -0.2) is 44.7 Å². The van der Waals surface area contributed by atoms with Crippen LogP contribution in [-0.2, 0) is 20.7 Å². The molecule has 10 nitrogen and oxygen atoms in total. The third kappa shape index (κ3) is 5.83. The molecule has 0 aromatic heterocycles. The van der Waals surface area contributed by atoms with Crippen LogP contribution < -0.4 is 19.5 Å². The van der Waals surface area contributed by atoms with Crippen LogP contribution in [0.25, 0.3) is 0 Å². The highest BCUT2D eigenvalue weighted by molar-refractivity contribution is 5.94. The molecule has 0 radical (unpaired) electrons. The Morgan fingerprint density at radius 1 is 0.966 bits per heavy atom. The number of esters is 1. The Hall–Kier alpha value is -3.82. The number of amides is 1. The van der Waals surface area contributed by atoms with Gasteiger partial charge in [0, 0.05) is 6.07 Å². The van der Waals surface area contributed by atoms with Crippen molar-refractivity contribution in [2.24, 2.45) is 0 Å². The van der Waals surface area contributed by atoms with Crippen LogP contribution in [0.1, 0.15) is 5.56 Å². The number of benzene rings is 2. The Balaban J connectivity index is 1.92. The van der Waals surface area contributed by atoms with Crippen molar-refractivity contribution < 1.29 is 33.5 Å². The largest absolute Gasteiger partial charge is 0.494 e. The first kappa shape index (κ1) is 21.5. The second-order valence-corrected chi connectivity index (χ2v) is 5.72. The summed E-state index contributed by atoms with van der Waals surface area (Å²) < 4.78 is 20.3. The van der Waals surface area contributed by atoms with Gasteiger partial charge in [-0.25, -0.2) is 0 Å². The minimum atomic E-state index is -0.613. The molecule has 0 bridgehead atoms. The van der Waals surface area contributed by atoms with E-state index in [0.717, 1.165) is 0 Å². The Labute approximate surface area is 166 Å². The molecular formula is C19H20N2O8. The van der Waals surface area contributed by atoms with E-state index in [0.29, 0.717) is 17.1 Å². The summed E-state index contributed by atoms with van der Waals surface area (Å²) in [6, 6.07) is 8.72. The monoisotopic (exact) mass is 404 g/mol. The molecule has 0 unspecified atom stereocenters. The quantitative estimate of drug-likeness (QED) is 0.383. The molecule has 0 spiro atoms. The van der Waals surface area contributed by atoms with Crippen LogP contribution in [0.4, 0.5) is 11.4 Å². The van der Waals surface area contributed by atoms with Gasteiger partial charge in [-0.3, -0.25) is 19.7 Å². The van der Waals surface area contributed by atoms with Gasteiger partial charge in [-0.1, -0.05) is 6.07 Å². The molecule has 1 N–H and O–H groups in total. The van der Waals surface area contributed by atoms with Gasteiger partial charge in [0.15, 0.2) is 18.1 Å². The number of carbonyl (C=O) groups is 2. The molecule has 2 aromatic rings. The molecule has 0 heterocycles. The van der Waals surface area contributed by atoms with Gasteiger partial charge in [0.2, 0.25) is 0 Å². The standard InChI is InChI=1S/C19H20N2O8/c1-26-15-7-4-12(8-17(15)28-3)9-19(23)29-11-18(22)20-14-6-5-13(21(24)25)10-16(14)27-2/h4-8,10H,9,11H2,1-3H3,(H,20,22). The van der Waals surface area contributed by atoms with E-state index in [1.807, 2.05) is 0 Å². The number of non-ortho nitro benzene ring substituents is 1. The number of carbonyl (C=O) groups excluding carboxylic acids is 2. The third-order valence-corrected chi connectivity index (χ3v) is 3.83. The summed E-state index contributed by atoms with van der Waals surface area (Å²) in [6.07, 6.45) is -0.0610. The normalized spacial score (nSPS) is 10.0. The van der Waals surface area contributed by atoms with Gasteiger partial charge in [0.1, 0.15) is 5.75 Å². The molecule has 154 valence electrons. The van der Waals surface area contributed by atoms with Crippen molar-refractivity contribution in [2.45, 2.75) is 6.42 Å². The van der Waals surface area contributed by atoms with Crippen LogP contribution in [0.2, 0.25) is 0 Å². The number of rotatable bonds is 9. The maximum Gasteiger partial charge on any atom is 0.310 e. The number of nitro groups is 1. The summed E-state index contributed by atoms with van der Waals surface area (Å²) in [5.41, 5.74) is 0.672. The molecule has 29 heavy (non-hydrogen) atoms. The van der Waals surface area contributed by atoms with E-state index in [4.69, 9.17) is 18.9 Å². The van der Waals surface area contributed by atoms with Crippen molar-refractivity contribution in [1.82, 2.24) is 0 Å². The zero-order valence-corrected chi connectivity index (χ0v) is 16.1. The lowest BCUT2D eigenvalue weighted by Crippen LogP contribution is -2.22. The van der Waals surface area contributed by atoms with Crippen molar-refractivity contribution in [2.75, 3.05) is 33.3 Å². The zero-order valence-electron chi connectivity index (χ0n) is 16.1. The predicted octanol–water partition coefficient (Wildman–Crippen LogP) is 2.34. The molecule has 0 aliphatic carbocycles. The molecule has 0 atom stereocenters. The average molecular weight is 404 g/mol. The van der Waals surface area contributed by atoms with E-state index in [2.05, 4.69) is 5.32 Å². The smallest absolute Gasteiger partial charge is 0.310 e. The molecule has 0 fully saturated rings. The number of ether oxygens (including phenoxy) is 4. The Morgan fingerprint density at radius 3 is 2.28 bits per heavy atom. The summed E-state index contributed by atoms with van der Waals surface area (Å²) in [6.45, 7) is -0.522. The van der Waals surface area contributed by atoms with E-state index in [-0.39, 0.29) is 23.5 Å². The van der Waals surface area contributed by atoms with Crippen LogP contribution in [0.3, 0.4) is 0 Å². The molecule has 0 aliphatic heterocycles. The van der Waals surface area contributed by atoms with Gasteiger partial charge in [0.05, 0.1) is 44.4 Å². The summed E-state index contributed by atoms with van der Waals surface area (Å²) in [5.74, 6) is -0.105. The summed E-state index contributed by atoms with van der Waals surface area (Å²) in [5, 5.41) is 13.3. The predicted molar refractivity (Wildman–Crippen MR) is 102 cm³/mol. The maximum absolute atomic E-state index is 12.0. The lowest BCUT2D eigenvalue weighted by Gasteiger charge is -2.11. The van der Waals surface area contributed by atoms with Crippen LogP contribution in [0, 0.1) is 10.1 Å². The number of nitro benzene ring substituents is 1. The third-order valence-electron chi connectivity index (χ3n) is 3.83. The molecule has 0 aliphatic rings. The first-order valence-electron chi connectivity index (χ1n) is 8.36. The highest BCUT2D eigenvalue weighted by Gasteiger charge is 2.15. The number of nitrogens with one attached hydrogen (secondary N) is 1. The lowest BCUT2D eigenvalue weighted by atomic mass is 10.1. The first-order chi connectivity index (χ1) is 13.9. The second-order valence-electron chi connectivity index (χ2n) is 5.72. The summed E-state index contributed by atoms with van der Waals surface area (Å²) >= 11 is 0. The minimum absolute atomic E-state index is 0.0610. The SMILES string of the molecule is COc1cc([N+](=O)[O-])ccc1NC(=O)COC(=O)Cc1ccc(OC)c(OC)c1. The van der Waals surface area contributed by atoms with Crippen molar-refractivity contribution in [3.8, 4) is 17.2 Å². The van der Waals surface area contributed by atoms with E-state index in [1.54, 1.807) is 18.2 Å². The second kappa shape index (κ2) is 9.93. The van der Waals surface area contributed by atoms with Gasteiger partial charge in [-0.15, -0.1) is 0 Å². The fourth-order valence-corrected chi connectivity index (χ4v) is 2.44. The van der Waals surface area contributed by atoms with E-state index in [1.165, 1.54) is 39.5 Å². The lowest BCUT2D eigenvalue weighted by molar-refractivity contribution is -0.384. The average Bonchev–Trinajstić information content (AvgIpc) is 2.72. The maximum atomic E-state index is 12.0. The number of hydrogen-bond donors (Lipinski definition) is 1. The van der Waals surface area contributed by atoms with E-state index >= 15 is 0 Å². The van der Waals surface area contributed by atoms with Crippen molar-refractivity contribution in [3.05, 3.63) is 52.1 Å². The number of nitrogens with zero attached hydrogens (tertiary/aromatic N) is 1. The number of anilines is 1. The molecule has 2 aromatic carbocycles. The first-order valence-corrected chi connectivity index (χ1v) is 8.36. The zero-order chi connectivity index (χ0) is 21.4. The Morgan fingerprint density at radius 2 is 1.66 bits per heavy atom. The molecular weight excluding hydrogens is 384 g/mol. The summed E-state index contributed by atoms with van der Waals surface area (Å²) in [4.78, 5) is 34.2. The summed E-state index contributed by atoms with van der Waals surface area (Å²) in [7, 11) is 4.30. The molecule has 0 saturated heterocycles. The fourth-order valence-electron chi connectivity index (χ4n) is 2.44. The van der Waals surface area contributed by atoms with E-state index in [9.17, 15) is 19.7 Å². The number of hydrogen-bond acceptors (Lipinski definition) is 8. The Bertz CT molecular complexity index is 913. The van der Waals surface area contributed by atoms with Crippen molar-refractivity contribution in [3.63, 3.8) is 0 Å². The fraction of sp³-hybridized carbons (Fsp3) is 0.263. The van der Waals surface area contributed by atoms with Crippen LogP contribution in [0.15, 0.2) is 36.4 Å². The van der Waals surface area contributed by atoms with Gasteiger partial charge < -0.3 is 24.3 Å². The highest BCUT2D eigenvalue weighted by Crippen LogP contribution is 2.29. The van der Waals surface area contributed by atoms with Crippen LogP contribution >= 0.6 is 0 Å². The van der Waals surface area contributed by atoms with Gasteiger partial charge in [-0.2, -0.15) is 0 Å². The topological polar surface area (TPSA) is 126 Å². The molecule has 1 amide bonds. The highest BCUT2D eigenvalue weighted by atomic mass is 16.6. The van der Waals surface area contributed by atoms with E-state index < -0.39 is 23.4 Å². The Kier molecular flexibility index (Phi) is 7.35. The van der Waals surface area contributed by atoms with Gasteiger partial charge >= 0.3 is 5.97 Å². The van der Waals surface area contributed by atoms with Crippen LogP contribution in [0.5, 0.6) is 17.2 Å². The van der Waals surface area contributed by atoms with Crippen molar-refractivity contribution >= 4 is 23.3 Å². The molecule has 0 saturated carbocycles. The molecule has 2 rings (SSSR count). The number of methoxy groups -OCH3 is 3. The minimum Gasteiger partial charge on any atom is -0.494 e. The van der Waals surface area contributed by atoms with Gasteiger partial charge in [-0.05, 0) is 23.8 Å².